The van der Waals surface area contributed by atoms with E-state index >= 15 is 0 Å². The highest BCUT2D eigenvalue weighted by molar-refractivity contribution is 5.97. The Morgan fingerprint density at radius 3 is 2.32 bits per heavy atom. The predicted octanol–water partition coefficient (Wildman–Crippen LogP) is 1.30. The first-order valence-electron chi connectivity index (χ1n) is 9.45. The van der Waals surface area contributed by atoms with Gasteiger partial charge in [-0.1, -0.05) is 19.3 Å². The number of benzene rings is 1. The highest BCUT2D eigenvalue weighted by atomic mass is 16.2. The first kappa shape index (κ1) is 19.6. The average molecular weight is 383 g/mol. The molecule has 0 atom stereocenters. The van der Waals surface area contributed by atoms with E-state index in [0.29, 0.717) is 17.7 Å². The largest absolute Gasteiger partial charge is 0.366 e. The lowest BCUT2D eigenvalue weighted by molar-refractivity contribution is -0.120. The van der Waals surface area contributed by atoms with E-state index in [9.17, 15) is 14.4 Å². The van der Waals surface area contributed by atoms with Crippen LogP contribution in [-0.4, -0.2) is 40.0 Å². The molecule has 5 N–H and O–H groups in total. The van der Waals surface area contributed by atoms with Crippen LogP contribution < -0.4 is 16.4 Å². The lowest BCUT2D eigenvalue weighted by Gasteiger charge is -2.38. The lowest BCUT2D eigenvalue weighted by atomic mass is 9.81. The van der Waals surface area contributed by atoms with Gasteiger partial charge in [0.15, 0.2) is 0 Å². The molecule has 0 spiro atoms. The number of amides is 3. The summed E-state index contributed by atoms with van der Waals surface area (Å²) in [7, 11) is 0. The third-order valence-electron chi connectivity index (χ3n) is 5.15. The van der Waals surface area contributed by atoms with Gasteiger partial charge in [0, 0.05) is 29.6 Å². The molecular weight excluding hydrogens is 358 g/mol. The maximum absolute atomic E-state index is 12.7. The SMILES string of the molecule is NC(=O)c1ccc(C(=O)NC2(CNC(=O)Cc3ccn[nH]3)CCCCC2)cc1. The van der Waals surface area contributed by atoms with Gasteiger partial charge < -0.3 is 16.4 Å². The Hall–Kier alpha value is -3.16. The molecule has 1 aromatic heterocycles. The number of rotatable bonds is 7. The van der Waals surface area contributed by atoms with Crippen molar-refractivity contribution in [2.75, 3.05) is 6.54 Å². The molecule has 0 saturated heterocycles. The molecule has 0 radical (unpaired) electrons. The maximum Gasteiger partial charge on any atom is 0.251 e. The summed E-state index contributed by atoms with van der Waals surface area (Å²) in [5.41, 5.74) is 6.33. The molecule has 0 aliphatic heterocycles. The van der Waals surface area contributed by atoms with Crippen LogP contribution >= 0.6 is 0 Å². The average Bonchev–Trinajstić information content (AvgIpc) is 3.20. The van der Waals surface area contributed by atoms with Gasteiger partial charge in [0.05, 0.1) is 12.0 Å². The number of carbonyl (C=O) groups is 3. The van der Waals surface area contributed by atoms with Crippen molar-refractivity contribution in [3.63, 3.8) is 0 Å². The van der Waals surface area contributed by atoms with Crippen LogP contribution in [0, 0.1) is 0 Å². The molecule has 1 aliphatic rings. The molecule has 1 saturated carbocycles. The fraction of sp³-hybridized carbons (Fsp3) is 0.400. The highest BCUT2D eigenvalue weighted by Crippen LogP contribution is 2.28. The van der Waals surface area contributed by atoms with Crippen LogP contribution in [0.15, 0.2) is 36.5 Å². The standard InChI is InChI=1S/C20H25N5O3/c21-18(27)14-4-6-15(7-5-14)19(28)24-20(9-2-1-3-10-20)13-22-17(26)12-16-8-11-23-25-16/h4-8,11H,1-3,9-10,12-13H2,(H2,21,27)(H,22,26)(H,23,25)(H,24,28). The number of carbonyl (C=O) groups excluding carboxylic acids is 3. The summed E-state index contributed by atoms with van der Waals surface area (Å²) in [6.45, 7) is 0.380. The van der Waals surface area contributed by atoms with Crippen molar-refractivity contribution in [3.8, 4) is 0 Å². The van der Waals surface area contributed by atoms with Gasteiger partial charge in [0.2, 0.25) is 11.8 Å². The number of nitrogens with zero attached hydrogens (tertiary/aromatic N) is 1. The molecule has 8 heteroatoms. The van der Waals surface area contributed by atoms with E-state index in [2.05, 4.69) is 20.8 Å². The van der Waals surface area contributed by atoms with Gasteiger partial charge in [-0.05, 0) is 43.2 Å². The van der Waals surface area contributed by atoms with Crippen molar-refractivity contribution < 1.29 is 14.4 Å². The number of aromatic nitrogens is 2. The minimum atomic E-state index is -0.532. The van der Waals surface area contributed by atoms with Crippen molar-refractivity contribution in [1.82, 2.24) is 20.8 Å². The number of aromatic amines is 1. The fourth-order valence-corrected chi connectivity index (χ4v) is 3.56. The van der Waals surface area contributed by atoms with Crippen molar-refractivity contribution in [1.29, 1.82) is 0 Å². The van der Waals surface area contributed by atoms with Crippen LogP contribution in [0.4, 0.5) is 0 Å². The summed E-state index contributed by atoms with van der Waals surface area (Å²) in [5.74, 6) is -0.870. The number of hydrogen-bond donors (Lipinski definition) is 4. The fourth-order valence-electron chi connectivity index (χ4n) is 3.56. The second-order valence-electron chi connectivity index (χ2n) is 7.27. The van der Waals surface area contributed by atoms with Crippen molar-refractivity contribution in [3.05, 3.63) is 53.3 Å². The summed E-state index contributed by atoms with van der Waals surface area (Å²) in [6, 6.07) is 8.01. The molecule has 3 amide bonds. The van der Waals surface area contributed by atoms with E-state index in [1.807, 2.05) is 0 Å². The van der Waals surface area contributed by atoms with Crippen LogP contribution in [0.5, 0.6) is 0 Å². The van der Waals surface area contributed by atoms with Gasteiger partial charge in [-0.15, -0.1) is 0 Å². The summed E-state index contributed by atoms with van der Waals surface area (Å²) in [5, 5.41) is 12.7. The van der Waals surface area contributed by atoms with Crippen LogP contribution in [0.3, 0.4) is 0 Å². The minimum absolute atomic E-state index is 0.116. The van der Waals surface area contributed by atoms with Gasteiger partial charge in [0.1, 0.15) is 0 Å². The molecule has 8 nitrogen and oxygen atoms in total. The molecule has 3 rings (SSSR count). The van der Waals surface area contributed by atoms with E-state index in [-0.39, 0.29) is 18.2 Å². The topological polar surface area (TPSA) is 130 Å². The smallest absolute Gasteiger partial charge is 0.251 e. The summed E-state index contributed by atoms with van der Waals surface area (Å²) in [6.07, 6.45) is 6.56. The third kappa shape index (κ3) is 4.97. The Morgan fingerprint density at radius 2 is 1.71 bits per heavy atom. The van der Waals surface area contributed by atoms with Gasteiger partial charge >= 0.3 is 0 Å². The zero-order valence-corrected chi connectivity index (χ0v) is 15.7. The predicted molar refractivity (Wildman–Crippen MR) is 104 cm³/mol. The molecule has 2 aromatic rings. The monoisotopic (exact) mass is 383 g/mol. The van der Waals surface area contributed by atoms with Crippen LogP contribution in [0.1, 0.15) is 58.5 Å². The highest BCUT2D eigenvalue weighted by Gasteiger charge is 2.34. The van der Waals surface area contributed by atoms with Crippen LogP contribution in [-0.2, 0) is 11.2 Å². The minimum Gasteiger partial charge on any atom is -0.366 e. The third-order valence-corrected chi connectivity index (χ3v) is 5.15. The molecular formula is C20H25N5O3. The van der Waals surface area contributed by atoms with Crippen molar-refractivity contribution >= 4 is 17.7 Å². The second kappa shape index (κ2) is 8.69. The molecule has 0 unspecified atom stereocenters. The van der Waals surface area contributed by atoms with E-state index in [1.165, 1.54) is 12.1 Å². The quantitative estimate of drug-likeness (QED) is 0.574. The van der Waals surface area contributed by atoms with Gasteiger partial charge in [0.25, 0.3) is 5.91 Å². The molecule has 1 fully saturated rings. The summed E-state index contributed by atoms with van der Waals surface area (Å²) in [4.78, 5) is 36.2. The molecule has 28 heavy (non-hydrogen) atoms. The Kier molecular flexibility index (Phi) is 6.08. The Bertz CT molecular complexity index is 824. The Labute approximate surface area is 163 Å². The number of primary amides is 1. The van der Waals surface area contributed by atoms with Gasteiger partial charge in [-0.25, -0.2) is 0 Å². The van der Waals surface area contributed by atoms with E-state index in [1.54, 1.807) is 24.4 Å². The molecule has 1 aromatic carbocycles. The molecule has 1 heterocycles. The zero-order chi connectivity index (χ0) is 20.0. The Morgan fingerprint density at radius 1 is 1.04 bits per heavy atom. The number of nitrogens with one attached hydrogen (secondary N) is 3. The lowest BCUT2D eigenvalue weighted by Crippen LogP contribution is -2.56. The Balaban J connectivity index is 1.64. The van der Waals surface area contributed by atoms with Crippen LogP contribution in [0.25, 0.3) is 0 Å². The zero-order valence-electron chi connectivity index (χ0n) is 15.7. The molecule has 0 bridgehead atoms. The molecule has 1 aliphatic carbocycles. The summed E-state index contributed by atoms with van der Waals surface area (Å²) >= 11 is 0. The number of H-pyrrole nitrogens is 1. The van der Waals surface area contributed by atoms with E-state index in [4.69, 9.17) is 5.73 Å². The first-order chi connectivity index (χ1) is 13.5. The van der Waals surface area contributed by atoms with E-state index < -0.39 is 11.4 Å². The summed E-state index contributed by atoms with van der Waals surface area (Å²) < 4.78 is 0. The van der Waals surface area contributed by atoms with E-state index in [0.717, 1.165) is 37.8 Å². The van der Waals surface area contributed by atoms with Crippen LogP contribution in [0.2, 0.25) is 0 Å². The second-order valence-corrected chi connectivity index (χ2v) is 7.27. The van der Waals surface area contributed by atoms with Gasteiger partial charge in [-0.2, -0.15) is 5.10 Å². The number of nitrogens with two attached hydrogens (primary N) is 1. The normalized spacial score (nSPS) is 15.6. The van der Waals surface area contributed by atoms with Crippen molar-refractivity contribution in [2.45, 2.75) is 44.1 Å². The van der Waals surface area contributed by atoms with Gasteiger partial charge in [-0.3, -0.25) is 19.5 Å². The molecule has 148 valence electrons. The maximum atomic E-state index is 12.7. The first-order valence-corrected chi connectivity index (χ1v) is 9.45. The number of hydrogen-bond acceptors (Lipinski definition) is 4. The van der Waals surface area contributed by atoms with Crippen molar-refractivity contribution in [2.24, 2.45) is 5.73 Å².